The summed E-state index contributed by atoms with van der Waals surface area (Å²) in [5.41, 5.74) is 2.29. The Morgan fingerprint density at radius 3 is 1.65 bits per heavy atom. The minimum absolute atomic E-state index is 0.134. The van der Waals surface area contributed by atoms with Crippen LogP contribution in [0, 0.1) is 0 Å². The van der Waals surface area contributed by atoms with E-state index in [4.69, 9.17) is 0 Å². The van der Waals surface area contributed by atoms with Gasteiger partial charge in [0.2, 0.25) is 5.91 Å². The Kier molecular flexibility index (Phi) is 6.50. The zero-order chi connectivity index (χ0) is 18.2. The Hall–Kier alpha value is -2.52. The van der Waals surface area contributed by atoms with Crippen LogP contribution < -0.4 is 0 Å². The van der Waals surface area contributed by atoms with Crippen molar-refractivity contribution in [3.63, 3.8) is 0 Å². The lowest BCUT2D eigenvalue weighted by atomic mass is 10.1. The van der Waals surface area contributed by atoms with Gasteiger partial charge in [-0.3, -0.25) is 4.79 Å². The van der Waals surface area contributed by atoms with Gasteiger partial charge < -0.3 is 4.90 Å². The molecule has 0 fully saturated rings. The van der Waals surface area contributed by atoms with Crippen molar-refractivity contribution in [2.75, 3.05) is 0 Å². The zero-order valence-corrected chi connectivity index (χ0v) is 15.7. The van der Waals surface area contributed by atoms with Gasteiger partial charge in [0.25, 0.3) is 0 Å². The molecule has 3 rings (SSSR count). The first-order valence-corrected chi connectivity index (χ1v) is 9.68. The summed E-state index contributed by atoms with van der Waals surface area (Å²) >= 11 is 1.61. The molecule has 0 aliphatic carbocycles. The zero-order valence-electron chi connectivity index (χ0n) is 14.9. The van der Waals surface area contributed by atoms with Crippen molar-refractivity contribution >= 4 is 17.7 Å². The highest BCUT2D eigenvalue weighted by Crippen LogP contribution is 2.25. The van der Waals surface area contributed by atoms with Crippen LogP contribution in [0.3, 0.4) is 0 Å². The van der Waals surface area contributed by atoms with Crippen molar-refractivity contribution in [2.24, 2.45) is 0 Å². The first-order valence-electron chi connectivity index (χ1n) is 8.81. The third kappa shape index (κ3) is 5.24. The molecule has 1 atom stereocenters. The Labute approximate surface area is 159 Å². The first-order chi connectivity index (χ1) is 12.7. The molecule has 132 valence electrons. The Balaban J connectivity index is 1.75. The quantitative estimate of drug-likeness (QED) is 0.525. The fourth-order valence-corrected chi connectivity index (χ4v) is 3.80. The van der Waals surface area contributed by atoms with Crippen LogP contribution in [0.25, 0.3) is 0 Å². The van der Waals surface area contributed by atoms with Crippen molar-refractivity contribution < 1.29 is 4.79 Å². The lowest BCUT2D eigenvalue weighted by molar-refractivity contribution is -0.131. The van der Waals surface area contributed by atoms with Crippen molar-refractivity contribution in [3.05, 3.63) is 102 Å². The molecule has 3 aromatic rings. The highest BCUT2D eigenvalue weighted by atomic mass is 32.2. The standard InChI is InChI=1S/C23H23NOS/c1-19(26-22-15-9-4-10-16-22)23(25)24(17-20-11-5-2-6-12-20)18-21-13-7-3-8-14-21/h2-16,19H,17-18H2,1H3/t19-/m0/s1. The second-order valence-electron chi connectivity index (χ2n) is 6.24. The van der Waals surface area contributed by atoms with Gasteiger partial charge in [-0.2, -0.15) is 0 Å². The van der Waals surface area contributed by atoms with Crippen molar-refractivity contribution in [3.8, 4) is 0 Å². The Bertz CT molecular complexity index is 764. The molecule has 0 spiro atoms. The summed E-state index contributed by atoms with van der Waals surface area (Å²) in [4.78, 5) is 16.2. The number of benzene rings is 3. The van der Waals surface area contributed by atoms with Gasteiger partial charge in [0.15, 0.2) is 0 Å². The van der Waals surface area contributed by atoms with E-state index in [2.05, 4.69) is 24.3 Å². The molecule has 26 heavy (non-hydrogen) atoms. The number of carbonyl (C=O) groups is 1. The normalized spacial score (nSPS) is 11.7. The van der Waals surface area contributed by atoms with Crippen LogP contribution in [0.15, 0.2) is 95.9 Å². The van der Waals surface area contributed by atoms with Gasteiger partial charge in [-0.05, 0) is 30.2 Å². The molecular formula is C23H23NOS. The smallest absolute Gasteiger partial charge is 0.236 e. The fraction of sp³-hybridized carbons (Fsp3) is 0.174. The van der Waals surface area contributed by atoms with E-state index >= 15 is 0 Å². The molecule has 0 heterocycles. The van der Waals surface area contributed by atoms with E-state index in [1.165, 1.54) is 0 Å². The third-order valence-corrected chi connectivity index (χ3v) is 5.25. The second kappa shape index (κ2) is 9.25. The van der Waals surface area contributed by atoms with Crippen LogP contribution in [0.2, 0.25) is 0 Å². The fourth-order valence-electron chi connectivity index (χ4n) is 2.83. The highest BCUT2D eigenvalue weighted by Gasteiger charge is 2.22. The van der Waals surface area contributed by atoms with Gasteiger partial charge in [0.1, 0.15) is 0 Å². The van der Waals surface area contributed by atoms with Crippen LogP contribution in [0.4, 0.5) is 0 Å². The van der Waals surface area contributed by atoms with Crippen LogP contribution in [0.1, 0.15) is 18.1 Å². The van der Waals surface area contributed by atoms with E-state index < -0.39 is 0 Å². The molecule has 0 bridgehead atoms. The number of carbonyl (C=O) groups excluding carboxylic acids is 1. The monoisotopic (exact) mass is 361 g/mol. The average molecular weight is 362 g/mol. The largest absolute Gasteiger partial charge is 0.333 e. The number of nitrogens with zero attached hydrogens (tertiary/aromatic N) is 1. The molecule has 0 radical (unpaired) electrons. The summed E-state index contributed by atoms with van der Waals surface area (Å²) in [6, 6.07) is 30.4. The van der Waals surface area contributed by atoms with Gasteiger partial charge in [0.05, 0.1) is 5.25 Å². The summed E-state index contributed by atoms with van der Waals surface area (Å²) in [5, 5.41) is -0.134. The van der Waals surface area contributed by atoms with Gasteiger partial charge in [-0.25, -0.2) is 0 Å². The second-order valence-corrected chi connectivity index (χ2v) is 7.65. The number of hydrogen-bond acceptors (Lipinski definition) is 2. The van der Waals surface area contributed by atoms with Crippen molar-refractivity contribution in [1.29, 1.82) is 0 Å². The summed E-state index contributed by atoms with van der Waals surface area (Å²) in [6.45, 7) is 3.23. The summed E-state index contributed by atoms with van der Waals surface area (Å²) in [5.74, 6) is 0.159. The molecule has 0 aliphatic rings. The number of amides is 1. The SMILES string of the molecule is C[C@H](Sc1ccccc1)C(=O)N(Cc1ccccc1)Cc1ccccc1. The van der Waals surface area contributed by atoms with Crippen molar-refractivity contribution in [1.82, 2.24) is 4.90 Å². The minimum atomic E-state index is -0.134. The van der Waals surface area contributed by atoms with E-state index in [-0.39, 0.29) is 11.2 Å². The van der Waals surface area contributed by atoms with Gasteiger partial charge in [0, 0.05) is 18.0 Å². The Morgan fingerprint density at radius 1 is 0.769 bits per heavy atom. The number of rotatable bonds is 7. The maximum atomic E-state index is 13.2. The van der Waals surface area contributed by atoms with Gasteiger partial charge >= 0.3 is 0 Å². The lowest BCUT2D eigenvalue weighted by Gasteiger charge is -2.26. The van der Waals surface area contributed by atoms with E-state index in [1.807, 2.05) is 78.6 Å². The summed E-state index contributed by atoms with van der Waals surface area (Å²) in [7, 11) is 0. The molecule has 3 heteroatoms. The van der Waals surface area contributed by atoms with E-state index in [9.17, 15) is 4.79 Å². The average Bonchev–Trinajstić information content (AvgIpc) is 2.69. The maximum Gasteiger partial charge on any atom is 0.236 e. The van der Waals surface area contributed by atoms with Crippen LogP contribution in [-0.4, -0.2) is 16.1 Å². The molecule has 0 saturated carbocycles. The van der Waals surface area contributed by atoms with Crippen LogP contribution in [0.5, 0.6) is 0 Å². The summed E-state index contributed by atoms with van der Waals surface area (Å²) in [6.07, 6.45) is 0. The lowest BCUT2D eigenvalue weighted by Crippen LogP contribution is -2.35. The molecule has 1 amide bonds. The van der Waals surface area contributed by atoms with E-state index in [0.717, 1.165) is 16.0 Å². The predicted octanol–water partition coefficient (Wildman–Crippen LogP) is 5.40. The topological polar surface area (TPSA) is 20.3 Å². The molecule has 0 N–H and O–H groups in total. The maximum absolute atomic E-state index is 13.2. The van der Waals surface area contributed by atoms with Gasteiger partial charge in [-0.1, -0.05) is 78.9 Å². The predicted molar refractivity (Wildman–Crippen MR) is 109 cm³/mol. The minimum Gasteiger partial charge on any atom is -0.333 e. The van der Waals surface area contributed by atoms with E-state index in [1.54, 1.807) is 11.8 Å². The molecule has 2 nitrogen and oxygen atoms in total. The third-order valence-electron chi connectivity index (χ3n) is 4.15. The molecule has 0 saturated heterocycles. The first kappa shape index (κ1) is 18.3. The Morgan fingerprint density at radius 2 is 1.19 bits per heavy atom. The van der Waals surface area contributed by atoms with E-state index in [0.29, 0.717) is 13.1 Å². The molecule has 0 aromatic heterocycles. The number of hydrogen-bond donors (Lipinski definition) is 0. The molecule has 3 aromatic carbocycles. The molecule has 0 unspecified atom stereocenters. The molecular weight excluding hydrogens is 338 g/mol. The van der Waals surface area contributed by atoms with Gasteiger partial charge in [-0.15, -0.1) is 11.8 Å². The van der Waals surface area contributed by atoms with Crippen LogP contribution >= 0.6 is 11.8 Å². The highest BCUT2D eigenvalue weighted by molar-refractivity contribution is 8.00. The summed E-state index contributed by atoms with van der Waals surface area (Å²) < 4.78 is 0. The number of thioether (sulfide) groups is 1. The van der Waals surface area contributed by atoms with Crippen LogP contribution in [-0.2, 0) is 17.9 Å². The molecule has 0 aliphatic heterocycles. The van der Waals surface area contributed by atoms with Crippen molar-refractivity contribution in [2.45, 2.75) is 30.2 Å².